The Morgan fingerprint density at radius 3 is 2.40 bits per heavy atom. The lowest BCUT2D eigenvalue weighted by atomic mass is 9.84. The molecular weight excluding hydrogens is 332 g/mol. The number of nitrogens with zero attached hydrogens (tertiary/aromatic N) is 2. The van der Waals surface area contributed by atoms with Crippen molar-refractivity contribution in [1.29, 1.82) is 5.26 Å². The predicted octanol–water partition coefficient (Wildman–Crippen LogP) is 4.90. The molecule has 2 aromatic rings. The molecule has 1 atom stereocenters. The molecule has 0 spiro atoms. The number of hydrogen-bond acceptors (Lipinski definition) is 2. The van der Waals surface area contributed by atoms with Gasteiger partial charge in [0.1, 0.15) is 0 Å². The first-order valence-corrected chi connectivity index (χ1v) is 9.74. The predicted molar refractivity (Wildman–Crippen MR) is 101 cm³/mol. The molecule has 0 radical (unpaired) electrons. The van der Waals surface area contributed by atoms with Crippen molar-refractivity contribution in [3.8, 4) is 17.3 Å². The third-order valence-electron chi connectivity index (χ3n) is 4.88. The van der Waals surface area contributed by atoms with Crippen LogP contribution in [0.5, 0.6) is 0 Å². The van der Waals surface area contributed by atoms with Gasteiger partial charge in [-0.05, 0) is 29.5 Å². The van der Waals surface area contributed by atoms with Crippen LogP contribution in [0.25, 0.3) is 11.1 Å². The second-order valence-electron chi connectivity index (χ2n) is 6.55. The zero-order valence-electron chi connectivity index (χ0n) is 14.1. The van der Waals surface area contributed by atoms with Crippen molar-refractivity contribution in [2.45, 2.75) is 38.5 Å². The molecule has 3 rings (SSSR count). The highest BCUT2D eigenvalue weighted by molar-refractivity contribution is 7.81. The quantitative estimate of drug-likeness (QED) is 0.472. The monoisotopic (exact) mass is 354 g/mol. The van der Waals surface area contributed by atoms with Crippen LogP contribution in [0, 0.1) is 17.4 Å². The highest BCUT2D eigenvalue weighted by atomic mass is 32.2. The molecule has 25 heavy (non-hydrogen) atoms. The molecule has 4 nitrogen and oxygen atoms in total. The molecule has 130 valence electrons. The smallest absolute Gasteiger partial charge is 0.275 e. The fourth-order valence-electron chi connectivity index (χ4n) is 3.61. The van der Waals surface area contributed by atoms with Gasteiger partial charge < -0.3 is 0 Å². The standard InChI is InChI=1S/C20H22N2O2S/c21-15-22(25(23)24)20-9-5-4-8-19(20)18-12-10-17(11-13-18)14-16-6-2-1-3-7-16/h4-5,8-13,16H,1-3,6-7,14H2,(H,23,24). The molecule has 1 N–H and O–H groups in total. The van der Waals surface area contributed by atoms with E-state index >= 15 is 0 Å². The summed E-state index contributed by atoms with van der Waals surface area (Å²) in [5, 5.41) is 9.17. The van der Waals surface area contributed by atoms with Crippen molar-refractivity contribution in [2.24, 2.45) is 5.92 Å². The average molecular weight is 354 g/mol. The SMILES string of the molecule is N#CN(c1ccccc1-c1ccc(CC2CCCCC2)cc1)S(=O)O. The van der Waals surface area contributed by atoms with Crippen molar-refractivity contribution < 1.29 is 8.76 Å². The Kier molecular flexibility index (Phi) is 5.85. The maximum Gasteiger partial charge on any atom is 0.275 e. The van der Waals surface area contributed by atoms with Gasteiger partial charge in [-0.2, -0.15) is 9.57 Å². The van der Waals surface area contributed by atoms with Crippen LogP contribution in [0.1, 0.15) is 37.7 Å². The van der Waals surface area contributed by atoms with Crippen LogP contribution < -0.4 is 4.31 Å². The van der Waals surface area contributed by atoms with E-state index in [1.807, 2.05) is 24.3 Å². The van der Waals surface area contributed by atoms with Crippen LogP contribution in [-0.4, -0.2) is 8.76 Å². The number of nitriles is 1. The first kappa shape index (κ1) is 17.7. The minimum Gasteiger partial charge on any atom is -0.288 e. The second kappa shape index (κ2) is 8.28. The van der Waals surface area contributed by atoms with Gasteiger partial charge in [0.15, 0.2) is 6.19 Å². The van der Waals surface area contributed by atoms with E-state index in [0.717, 1.165) is 27.8 Å². The number of rotatable bonds is 5. The van der Waals surface area contributed by atoms with Crippen LogP contribution in [0.4, 0.5) is 5.69 Å². The van der Waals surface area contributed by atoms with E-state index in [9.17, 15) is 14.0 Å². The summed E-state index contributed by atoms with van der Waals surface area (Å²) in [7, 11) is 0. The minimum atomic E-state index is -2.38. The Labute approximate surface area is 151 Å². The Balaban J connectivity index is 1.83. The van der Waals surface area contributed by atoms with Gasteiger partial charge in [0.25, 0.3) is 11.3 Å². The average Bonchev–Trinajstić information content (AvgIpc) is 2.64. The van der Waals surface area contributed by atoms with Gasteiger partial charge in [-0.1, -0.05) is 74.6 Å². The molecule has 0 bridgehead atoms. The fraction of sp³-hybridized carbons (Fsp3) is 0.350. The van der Waals surface area contributed by atoms with E-state index in [2.05, 4.69) is 12.1 Å². The van der Waals surface area contributed by atoms with Crippen LogP contribution in [0.2, 0.25) is 0 Å². The Morgan fingerprint density at radius 2 is 1.76 bits per heavy atom. The highest BCUT2D eigenvalue weighted by Crippen LogP contribution is 2.32. The summed E-state index contributed by atoms with van der Waals surface area (Å²) < 4.78 is 21.6. The van der Waals surface area contributed by atoms with Gasteiger partial charge >= 0.3 is 0 Å². The number of hydrogen-bond donors (Lipinski definition) is 1. The van der Waals surface area contributed by atoms with Gasteiger partial charge in [0.2, 0.25) is 0 Å². The van der Waals surface area contributed by atoms with Crippen molar-refractivity contribution >= 4 is 17.0 Å². The lowest BCUT2D eigenvalue weighted by Gasteiger charge is -2.21. The van der Waals surface area contributed by atoms with Crippen LogP contribution >= 0.6 is 0 Å². The summed E-state index contributed by atoms with van der Waals surface area (Å²) in [5.41, 5.74) is 3.48. The molecule has 1 saturated carbocycles. The molecule has 2 aromatic carbocycles. The number of para-hydroxylation sites is 1. The van der Waals surface area contributed by atoms with Crippen LogP contribution in [0.3, 0.4) is 0 Å². The molecule has 0 saturated heterocycles. The third kappa shape index (κ3) is 4.28. The van der Waals surface area contributed by atoms with Gasteiger partial charge in [-0.15, -0.1) is 0 Å². The zero-order valence-corrected chi connectivity index (χ0v) is 14.9. The van der Waals surface area contributed by atoms with E-state index in [4.69, 9.17) is 0 Å². The van der Waals surface area contributed by atoms with E-state index in [1.165, 1.54) is 37.7 Å². The molecule has 1 unspecified atom stereocenters. The maximum absolute atomic E-state index is 11.4. The first-order valence-electron chi connectivity index (χ1n) is 8.68. The van der Waals surface area contributed by atoms with E-state index < -0.39 is 11.3 Å². The van der Waals surface area contributed by atoms with Gasteiger partial charge in [0, 0.05) is 5.56 Å². The van der Waals surface area contributed by atoms with Crippen molar-refractivity contribution in [1.82, 2.24) is 0 Å². The molecule has 1 aliphatic rings. The lowest BCUT2D eigenvalue weighted by Crippen LogP contribution is -2.19. The summed E-state index contributed by atoms with van der Waals surface area (Å²) >= 11 is -2.38. The molecule has 1 aliphatic carbocycles. The van der Waals surface area contributed by atoms with Crippen molar-refractivity contribution in [3.05, 3.63) is 54.1 Å². The largest absolute Gasteiger partial charge is 0.288 e. The molecule has 0 amide bonds. The summed E-state index contributed by atoms with van der Waals surface area (Å²) in [5.74, 6) is 0.790. The van der Waals surface area contributed by atoms with E-state index in [-0.39, 0.29) is 0 Å². The van der Waals surface area contributed by atoms with Crippen LogP contribution in [0.15, 0.2) is 48.5 Å². The van der Waals surface area contributed by atoms with Crippen LogP contribution in [-0.2, 0) is 17.7 Å². The Morgan fingerprint density at radius 1 is 1.08 bits per heavy atom. The fourth-order valence-corrected chi connectivity index (χ4v) is 4.01. The molecule has 0 aliphatic heterocycles. The highest BCUT2D eigenvalue weighted by Gasteiger charge is 2.17. The second-order valence-corrected chi connectivity index (χ2v) is 7.37. The molecule has 0 aromatic heterocycles. The van der Waals surface area contributed by atoms with Gasteiger partial charge in [0.05, 0.1) is 5.69 Å². The zero-order chi connectivity index (χ0) is 17.6. The van der Waals surface area contributed by atoms with E-state index in [1.54, 1.807) is 18.3 Å². The maximum atomic E-state index is 11.4. The molecular formula is C20H22N2O2S. The minimum absolute atomic E-state index is 0.436. The molecule has 1 fully saturated rings. The summed E-state index contributed by atoms with van der Waals surface area (Å²) in [6, 6.07) is 15.5. The first-order chi connectivity index (χ1) is 12.2. The van der Waals surface area contributed by atoms with Crippen molar-refractivity contribution in [2.75, 3.05) is 4.31 Å². The molecule has 5 heteroatoms. The van der Waals surface area contributed by atoms with Gasteiger partial charge in [-0.25, -0.2) is 4.21 Å². The third-order valence-corrected chi connectivity index (χ3v) is 5.47. The summed E-state index contributed by atoms with van der Waals surface area (Å²) in [6.45, 7) is 0. The Hall–Kier alpha value is -2.16. The van der Waals surface area contributed by atoms with E-state index in [0.29, 0.717) is 5.69 Å². The number of anilines is 1. The summed E-state index contributed by atoms with van der Waals surface area (Å²) in [6.07, 6.45) is 9.60. The Bertz CT molecular complexity index is 777. The number of benzene rings is 2. The van der Waals surface area contributed by atoms with Gasteiger partial charge in [-0.3, -0.25) is 4.55 Å². The normalized spacial score (nSPS) is 16.2. The van der Waals surface area contributed by atoms with Crippen molar-refractivity contribution in [3.63, 3.8) is 0 Å². The summed E-state index contributed by atoms with van der Waals surface area (Å²) in [4.78, 5) is 0. The lowest BCUT2D eigenvalue weighted by molar-refractivity contribution is 0.356. The molecule has 0 heterocycles. The topological polar surface area (TPSA) is 64.3 Å².